The number of phenols is 1. The van der Waals surface area contributed by atoms with E-state index < -0.39 is 11.0 Å². The maximum atomic E-state index is 11.2. The van der Waals surface area contributed by atoms with E-state index in [1.165, 1.54) is 43.0 Å². The number of halogens is 2. The van der Waals surface area contributed by atoms with Crippen molar-refractivity contribution in [3.8, 4) is 5.75 Å². The SMILES string of the molecule is CC(O)c1cc(Cl)cc(NCc2cc([N+](=O)[O-])ccc2Sc2ccc(Cl)cc2)c1O. The van der Waals surface area contributed by atoms with Crippen LogP contribution < -0.4 is 5.32 Å². The van der Waals surface area contributed by atoms with Crippen molar-refractivity contribution in [3.05, 3.63) is 85.9 Å². The lowest BCUT2D eigenvalue weighted by Crippen LogP contribution is -2.04. The van der Waals surface area contributed by atoms with E-state index in [1.807, 2.05) is 12.1 Å². The summed E-state index contributed by atoms with van der Waals surface area (Å²) in [6.45, 7) is 1.72. The third-order valence-corrected chi connectivity index (χ3v) is 5.92. The number of nitrogens with one attached hydrogen (secondary N) is 1. The molecular formula is C21H18Cl2N2O4S. The average molecular weight is 465 g/mol. The van der Waals surface area contributed by atoms with Crippen LogP contribution in [-0.4, -0.2) is 15.1 Å². The maximum absolute atomic E-state index is 11.2. The van der Waals surface area contributed by atoms with Crippen molar-refractivity contribution in [2.45, 2.75) is 29.4 Å². The monoisotopic (exact) mass is 464 g/mol. The van der Waals surface area contributed by atoms with Crippen LogP contribution in [0.5, 0.6) is 5.75 Å². The molecule has 9 heteroatoms. The highest BCUT2D eigenvalue weighted by Gasteiger charge is 2.16. The largest absolute Gasteiger partial charge is 0.505 e. The maximum Gasteiger partial charge on any atom is 0.269 e. The second-order valence-electron chi connectivity index (χ2n) is 6.53. The van der Waals surface area contributed by atoms with E-state index in [9.17, 15) is 20.3 Å². The van der Waals surface area contributed by atoms with E-state index in [0.29, 0.717) is 26.9 Å². The first kappa shape index (κ1) is 22.2. The standard InChI is InChI=1S/C21H18Cl2N2O4S/c1-12(26)18-9-15(23)10-19(21(18)27)24-11-13-8-16(25(28)29)4-7-20(13)30-17-5-2-14(22)3-6-17/h2-10,12,24,26-27H,11H2,1H3. The van der Waals surface area contributed by atoms with Crippen LogP contribution in [0.1, 0.15) is 24.2 Å². The minimum atomic E-state index is -0.905. The van der Waals surface area contributed by atoms with E-state index in [-0.39, 0.29) is 18.0 Å². The van der Waals surface area contributed by atoms with Crippen molar-refractivity contribution < 1.29 is 15.1 Å². The van der Waals surface area contributed by atoms with Gasteiger partial charge in [0.1, 0.15) is 5.75 Å². The van der Waals surface area contributed by atoms with Crippen molar-refractivity contribution >= 4 is 46.3 Å². The van der Waals surface area contributed by atoms with Crippen LogP contribution in [-0.2, 0) is 6.54 Å². The zero-order chi connectivity index (χ0) is 21.8. The molecule has 0 aliphatic heterocycles. The predicted molar refractivity (Wildman–Crippen MR) is 120 cm³/mol. The summed E-state index contributed by atoms with van der Waals surface area (Å²) in [5.41, 5.74) is 1.25. The van der Waals surface area contributed by atoms with Crippen LogP contribution in [0.2, 0.25) is 10.0 Å². The Kier molecular flexibility index (Phi) is 7.10. The van der Waals surface area contributed by atoms with Crippen molar-refractivity contribution in [1.29, 1.82) is 0 Å². The fourth-order valence-electron chi connectivity index (χ4n) is 2.81. The predicted octanol–water partition coefficient (Wildman–Crippen LogP) is 6.42. The number of aliphatic hydroxyl groups is 1. The zero-order valence-corrected chi connectivity index (χ0v) is 18.1. The summed E-state index contributed by atoms with van der Waals surface area (Å²) in [6.07, 6.45) is -0.905. The van der Waals surface area contributed by atoms with Gasteiger partial charge in [0.2, 0.25) is 0 Å². The lowest BCUT2D eigenvalue weighted by atomic mass is 10.1. The van der Waals surface area contributed by atoms with Gasteiger partial charge in [-0.25, -0.2) is 0 Å². The molecule has 1 atom stereocenters. The van der Waals surface area contributed by atoms with Crippen LogP contribution in [0, 0.1) is 10.1 Å². The Hall–Kier alpha value is -2.45. The molecule has 0 aliphatic carbocycles. The third-order valence-electron chi connectivity index (χ3n) is 4.32. The lowest BCUT2D eigenvalue weighted by molar-refractivity contribution is -0.385. The van der Waals surface area contributed by atoms with Gasteiger partial charge < -0.3 is 15.5 Å². The molecule has 156 valence electrons. The van der Waals surface area contributed by atoms with Gasteiger partial charge in [0, 0.05) is 44.1 Å². The molecule has 0 aromatic heterocycles. The molecule has 3 N–H and O–H groups in total. The van der Waals surface area contributed by atoms with Gasteiger partial charge in [-0.2, -0.15) is 0 Å². The molecule has 0 aliphatic rings. The normalized spacial score (nSPS) is 11.9. The third kappa shape index (κ3) is 5.37. The summed E-state index contributed by atoms with van der Waals surface area (Å²) in [4.78, 5) is 12.5. The molecule has 0 radical (unpaired) electrons. The number of non-ortho nitro benzene ring substituents is 1. The van der Waals surface area contributed by atoms with Crippen LogP contribution in [0.4, 0.5) is 11.4 Å². The second-order valence-corrected chi connectivity index (χ2v) is 8.51. The number of aliphatic hydroxyl groups excluding tert-OH is 1. The van der Waals surface area contributed by atoms with Crippen LogP contribution in [0.25, 0.3) is 0 Å². The highest BCUT2D eigenvalue weighted by atomic mass is 35.5. The number of nitro groups is 1. The summed E-state index contributed by atoms with van der Waals surface area (Å²) in [5.74, 6) is -0.119. The van der Waals surface area contributed by atoms with Gasteiger partial charge in [-0.15, -0.1) is 0 Å². The number of aromatic hydroxyl groups is 1. The molecule has 0 fully saturated rings. The Morgan fingerprint density at radius 1 is 1.10 bits per heavy atom. The Morgan fingerprint density at radius 3 is 2.43 bits per heavy atom. The Labute approximate surface area is 187 Å². The fraction of sp³-hybridized carbons (Fsp3) is 0.143. The quantitative estimate of drug-likeness (QED) is 0.212. The molecule has 0 bridgehead atoms. The van der Waals surface area contributed by atoms with E-state index in [4.69, 9.17) is 23.2 Å². The van der Waals surface area contributed by atoms with Gasteiger partial charge in [-0.1, -0.05) is 35.0 Å². The molecule has 3 aromatic rings. The number of nitro benzene ring substituents is 1. The fourth-order valence-corrected chi connectivity index (χ4v) is 4.09. The highest BCUT2D eigenvalue weighted by Crippen LogP contribution is 2.37. The topological polar surface area (TPSA) is 95.6 Å². The molecule has 0 spiro atoms. The molecular weight excluding hydrogens is 447 g/mol. The van der Waals surface area contributed by atoms with Crippen molar-refractivity contribution in [2.75, 3.05) is 5.32 Å². The van der Waals surface area contributed by atoms with E-state index in [1.54, 1.807) is 18.2 Å². The Balaban J connectivity index is 1.91. The van der Waals surface area contributed by atoms with Gasteiger partial charge >= 0.3 is 0 Å². The Morgan fingerprint density at radius 2 is 1.80 bits per heavy atom. The average Bonchev–Trinajstić information content (AvgIpc) is 2.70. The summed E-state index contributed by atoms with van der Waals surface area (Å²) in [5, 5.41) is 35.5. The smallest absolute Gasteiger partial charge is 0.269 e. The summed E-state index contributed by atoms with van der Waals surface area (Å²) in [7, 11) is 0. The van der Waals surface area contributed by atoms with Crippen LogP contribution in [0.3, 0.4) is 0 Å². The number of anilines is 1. The zero-order valence-electron chi connectivity index (χ0n) is 15.8. The van der Waals surface area contributed by atoms with Crippen LogP contribution >= 0.6 is 35.0 Å². The minimum Gasteiger partial charge on any atom is -0.505 e. The van der Waals surface area contributed by atoms with Crippen molar-refractivity contribution in [3.63, 3.8) is 0 Å². The van der Waals surface area contributed by atoms with Gasteiger partial charge in [0.25, 0.3) is 5.69 Å². The highest BCUT2D eigenvalue weighted by molar-refractivity contribution is 7.99. The first-order chi connectivity index (χ1) is 14.2. The van der Waals surface area contributed by atoms with Crippen molar-refractivity contribution in [2.24, 2.45) is 0 Å². The number of benzene rings is 3. The molecule has 0 saturated heterocycles. The first-order valence-electron chi connectivity index (χ1n) is 8.89. The number of rotatable bonds is 7. The molecule has 30 heavy (non-hydrogen) atoms. The van der Waals surface area contributed by atoms with Gasteiger partial charge in [0.15, 0.2) is 0 Å². The molecule has 1 unspecified atom stereocenters. The molecule has 0 heterocycles. The summed E-state index contributed by atoms with van der Waals surface area (Å²) >= 11 is 13.5. The second kappa shape index (κ2) is 9.57. The molecule has 3 aromatic carbocycles. The van der Waals surface area contributed by atoms with E-state index >= 15 is 0 Å². The first-order valence-corrected chi connectivity index (χ1v) is 10.5. The Bertz CT molecular complexity index is 1080. The number of hydrogen-bond acceptors (Lipinski definition) is 6. The van der Waals surface area contributed by atoms with Gasteiger partial charge in [0.05, 0.1) is 16.7 Å². The van der Waals surface area contributed by atoms with Crippen molar-refractivity contribution in [1.82, 2.24) is 0 Å². The molecule has 0 amide bonds. The number of nitrogens with zero attached hydrogens (tertiary/aromatic N) is 1. The lowest BCUT2D eigenvalue weighted by Gasteiger charge is -2.16. The summed E-state index contributed by atoms with van der Waals surface area (Å²) < 4.78 is 0. The van der Waals surface area contributed by atoms with E-state index in [2.05, 4.69) is 5.32 Å². The number of phenolic OH excluding ortho intramolecular Hbond substituents is 1. The minimum absolute atomic E-state index is 0.0350. The number of hydrogen-bond donors (Lipinski definition) is 3. The van der Waals surface area contributed by atoms with Crippen LogP contribution in [0.15, 0.2) is 64.4 Å². The van der Waals surface area contributed by atoms with Gasteiger partial charge in [-0.3, -0.25) is 10.1 Å². The van der Waals surface area contributed by atoms with E-state index in [0.717, 1.165) is 9.79 Å². The molecule has 3 rings (SSSR count). The van der Waals surface area contributed by atoms with Gasteiger partial charge in [-0.05, 0) is 55.0 Å². The molecule has 0 saturated carbocycles. The molecule has 6 nitrogen and oxygen atoms in total. The summed E-state index contributed by atoms with van der Waals surface area (Å²) in [6, 6.07) is 14.9.